The second kappa shape index (κ2) is 6.87. The molecule has 0 saturated heterocycles. The second-order valence-corrected chi connectivity index (χ2v) is 6.11. The zero-order chi connectivity index (χ0) is 15.3. The Morgan fingerprint density at radius 1 is 1.50 bits per heavy atom. The standard InChI is InChI=1S/C11H17ClN4O3S/c1-4-14-11(17)7(2)16-20(18,19)8-5-9(12)10(13-3)15-6-8/h5-7,16H,4H2,1-3H3,(H,13,15)(H,14,17). The highest BCUT2D eigenvalue weighted by atomic mass is 35.5. The van der Waals surface area contributed by atoms with Gasteiger partial charge in [-0.1, -0.05) is 11.6 Å². The lowest BCUT2D eigenvalue weighted by Crippen LogP contribution is -2.44. The lowest BCUT2D eigenvalue weighted by Gasteiger charge is -2.14. The Balaban J connectivity index is 2.94. The molecule has 1 atom stereocenters. The highest BCUT2D eigenvalue weighted by Crippen LogP contribution is 2.21. The van der Waals surface area contributed by atoms with E-state index in [2.05, 4.69) is 20.3 Å². The smallest absolute Gasteiger partial charge is 0.242 e. The van der Waals surface area contributed by atoms with Crippen LogP contribution in [0.3, 0.4) is 0 Å². The molecule has 1 aromatic heterocycles. The molecule has 1 rings (SSSR count). The number of aromatic nitrogens is 1. The van der Waals surface area contributed by atoms with Gasteiger partial charge in [0.2, 0.25) is 15.9 Å². The number of hydrogen-bond acceptors (Lipinski definition) is 5. The van der Waals surface area contributed by atoms with Gasteiger partial charge in [0.15, 0.2) is 0 Å². The van der Waals surface area contributed by atoms with Crippen LogP contribution in [0.4, 0.5) is 5.82 Å². The van der Waals surface area contributed by atoms with Gasteiger partial charge in [-0.15, -0.1) is 0 Å². The molecule has 7 nitrogen and oxygen atoms in total. The first-order valence-electron chi connectivity index (χ1n) is 5.95. The number of sulfonamides is 1. The molecular formula is C11H17ClN4O3S. The first kappa shape index (κ1) is 16.7. The predicted molar refractivity (Wildman–Crippen MR) is 77.3 cm³/mol. The number of nitrogens with one attached hydrogen (secondary N) is 3. The molecule has 0 fully saturated rings. The maximum Gasteiger partial charge on any atom is 0.242 e. The van der Waals surface area contributed by atoms with E-state index in [4.69, 9.17) is 11.6 Å². The molecule has 0 aliphatic rings. The number of rotatable bonds is 6. The van der Waals surface area contributed by atoms with Crippen molar-refractivity contribution in [1.82, 2.24) is 15.0 Å². The number of carbonyl (C=O) groups excluding carboxylic acids is 1. The van der Waals surface area contributed by atoms with E-state index in [9.17, 15) is 13.2 Å². The summed E-state index contributed by atoms with van der Waals surface area (Å²) in [6.45, 7) is 3.63. The summed E-state index contributed by atoms with van der Waals surface area (Å²) in [6.07, 6.45) is 1.17. The van der Waals surface area contributed by atoms with Crippen molar-refractivity contribution in [2.45, 2.75) is 24.8 Å². The summed E-state index contributed by atoms with van der Waals surface area (Å²) in [5, 5.41) is 5.44. The molecule has 9 heteroatoms. The fourth-order valence-corrected chi connectivity index (χ4v) is 2.93. The molecule has 0 aliphatic carbocycles. The normalized spacial score (nSPS) is 12.8. The fourth-order valence-electron chi connectivity index (χ4n) is 1.43. The summed E-state index contributed by atoms with van der Waals surface area (Å²) < 4.78 is 26.4. The molecule has 1 heterocycles. The van der Waals surface area contributed by atoms with E-state index < -0.39 is 22.0 Å². The third kappa shape index (κ3) is 4.06. The van der Waals surface area contributed by atoms with Crippen molar-refractivity contribution in [1.29, 1.82) is 0 Å². The Labute approximate surface area is 123 Å². The number of halogens is 1. The zero-order valence-electron chi connectivity index (χ0n) is 11.4. The number of nitrogens with zero attached hydrogens (tertiary/aromatic N) is 1. The van der Waals surface area contributed by atoms with Crippen molar-refractivity contribution in [2.75, 3.05) is 18.9 Å². The summed E-state index contributed by atoms with van der Waals surface area (Å²) >= 11 is 5.89. The molecule has 1 aromatic rings. The van der Waals surface area contributed by atoms with Crippen molar-refractivity contribution in [2.24, 2.45) is 0 Å². The molecule has 0 aliphatic heterocycles. The first-order chi connectivity index (χ1) is 9.31. The molecule has 0 radical (unpaired) electrons. The Bertz CT molecular complexity index is 591. The number of anilines is 1. The number of pyridine rings is 1. The lowest BCUT2D eigenvalue weighted by atomic mass is 10.3. The van der Waals surface area contributed by atoms with Crippen LogP contribution < -0.4 is 15.4 Å². The van der Waals surface area contributed by atoms with Crippen LogP contribution in [-0.4, -0.2) is 38.9 Å². The van der Waals surface area contributed by atoms with Crippen LogP contribution in [0.25, 0.3) is 0 Å². The van der Waals surface area contributed by atoms with Crippen LogP contribution >= 0.6 is 11.6 Å². The van der Waals surface area contributed by atoms with Crippen molar-refractivity contribution in [3.05, 3.63) is 17.3 Å². The van der Waals surface area contributed by atoms with Gasteiger partial charge in [-0.2, -0.15) is 4.72 Å². The minimum atomic E-state index is -3.86. The van der Waals surface area contributed by atoms with Crippen LogP contribution in [0, 0.1) is 0 Å². The number of likely N-dealkylation sites (N-methyl/N-ethyl adjacent to an activating group) is 1. The molecule has 112 valence electrons. The maximum absolute atomic E-state index is 12.1. The lowest BCUT2D eigenvalue weighted by molar-refractivity contribution is -0.122. The molecule has 20 heavy (non-hydrogen) atoms. The molecule has 0 saturated carbocycles. The van der Waals surface area contributed by atoms with Gasteiger partial charge in [0.1, 0.15) is 10.7 Å². The van der Waals surface area contributed by atoms with Gasteiger partial charge in [0.25, 0.3) is 0 Å². The van der Waals surface area contributed by atoms with E-state index >= 15 is 0 Å². The molecule has 1 amide bonds. The number of hydrogen-bond donors (Lipinski definition) is 3. The van der Waals surface area contributed by atoms with E-state index in [1.54, 1.807) is 14.0 Å². The summed E-state index contributed by atoms with van der Waals surface area (Å²) in [5.74, 6) is -0.0237. The molecule has 0 spiro atoms. The van der Waals surface area contributed by atoms with E-state index in [1.165, 1.54) is 19.2 Å². The van der Waals surface area contributed by atoms with E-state index in [-0.39, 0.29) is 9.92 Å². The van der Waals surface area contributed by atoms with Crippen LogP contribution in [0.15, 0.2) is 17.2 Å². The highest BCUT2D eigenvalue weighted by Gasteiger charge is 2.22. The largest absolute Gasteiger partial charge is 0.372 e. The van der Waals surface area contributed by atoms with Crippen LogP contribution in [0.2, 0.25) is 5.02 Å². The maximum atomic E-state index is 12.1. The summed E-state index contributed by atoms with van der Waals surface area (Å²) in [5.41, 5.74) is 0. The Hall–Kier alpha value is -1.38. The third-order valence-electron chi connectivity index (χ3n) is 2.44. The van der Waals surface area contributed by atoms with E-state index in [0.29, 0.717) is 12.4 Å². The molecule has 3 N–H and O–H groups in total. The average molecular weight is 321 g/mol. The Kier molecular flexibility index (Phi) is 5.73. The van der Waals surface area contributed by atoms with E-state index in [1.807, 2.05) is 0 Å². The van der Waals surface area contributed by atoms with Crippen molar-refractivity contribution >= 4 is 33.3 Å². The Morgan fingerprint density at radius 3 is 2.65 bits per heavy atom. The van der Waals surface area contributed by atoms with Crippen LogP contribution in [-0.2, 0) is 14.8 Å². The second-order valence-electron chi connectivity index (χ2n) is 3.99. The number of carbonyl (C=O) groups is 1. The fraction of sp³-hybridized carbons (Fsp3) is 0.455. The van der Waals surface area contributed by atoms with Crippen LogP contribution in [0.1, 0.15) is 13.8 Å². The minimum absolute atomic E-state index is 0.0994. The predicted octanol–water partition coefficient (Wildman–Crippen LogP) is 0.580. The highest BCUT2D eigenvalue weighted by molar-refractivity contribution is 7.89. The molecule has 1 unspecified atom stereocenters. The van der Waals surface area contributed by atoms with Gasteiger partial charge < -0.3 is 10.6 Å². The third-order valence-corrected chi connectivity index (χ3v) is 4.24. The molecule has 0 bridgehead atoms. The Morgan fingerprint density at radius 2 is 2.15 bits per heavy atom. The van der Waals surface area contributed by atoms with Crippen LogP contribution in [0.5, 0.6) is 0 Å². The van der Waals surface area contributed by atoms with Gasteiger partial charge in [-0.3, -0.25) is 4.79 Å². The van der Waals surface area contributed by atoms with Gasteiger partial charge in [-0.05, 0) is 19.9 Å². The van der Waals surface area contributed by atoms with Gasteiger partial charge in [-0.25, -0.2) is 13.4 Å². The monoisotopic (exact) mass is 320 g/mol. The van der Waals surface area contributed by atoms with Gasteiger partial charge in [0.05, 0.1) is 11.1 Å². The minimum Gasteiger partial charge on any atom is -0.372 e. The first-order valence-corrected chi connectivity index (χ1v) is 7.81. The van der Waals surface area contributed by atoms with Gasteiger partial charge >= 0.3 is 0 Å². The number of amides is 1. The van der Waals surface area contributed by atoms with Crippen molar-refractivity contribution in [3.63, 3.8) is 0 Å². The van der Waals surface area contributed by atoms with E-state index in [0.717, 1.165) is 0 Å². The molecule has 0 aromatic carbocycles. The SMILES string of the molecule is CCNC(=O)C(C)NS(=O)(=O)c1cnc(NC)c(Cl)c1. The topological polar surface area (TPSA) is 100 Å². The summed E-state index contributed by atoms with van der Waals surface area (Å²) in [4.78, 5) is 15.3. The zero-order valence-corrected chi connectivity index (χ0v) is 13.0. The quantitative estimate of drug-likeness (QED) is 0.712. The average Bonchev–Trinajstić information content (AvgIpc) is 2.38. The summed E-state index contributed by atoms with van der Waals surface area (Å²) in [6, 6.07) is 0.385. The van der Waals surface area contributed by atoms with Crippen molar-refractivity contribution < 1.29 is 13.2 Å². The van der Waals surface area contributed by atoms with Gasteiger partial charge in [0, 0.05) is 19.8 Å². The summed E-state index contributed by atoms with van der Waals surface area (Å²) in [7, 11) is -2.23. The van der Waals surface area contributed by atoms with Crippen molar-refractivity contribution in [3.8, 4) is 0 Å². The molecular weight excluding hydrogens is 304 g/mol.